The highest BCUT2D eigenvalue weighted by atomic mass is 35.5. The van der Waals surface area contributed by atoms with Gasteiger partial charge < -0.3 is 10.4 Å². The molecule has 2 rings (SSSR count). The Labute approximate surface area is 124 Å². The van der Waals surface area contributed by atoms with Crippen molar-refractivity contribution >= 4 is 11.6 Å². The van der Waals surface area contributed by atoms with E-state index in [-0.39, 0.29) is 16.8 Å². The number of hydrogen-bond donors (Lipinski definition) is 2. The van der Waals surface area contributed by atoms with E-state index in [9.17, 15) is 9.50 Å². The first-order valence-electron chi connectivity index (χ1n) is 6.87. The first-order valence-corrected chi connectivity index (χ1v) is 7.25. The van der Waals surface area contributed by atoms with E-state index in [1.807, 2.05) is 6.08 Å². The second kappa shape index (κ2) is 7.07. The van der Waals surface area contributed by atoms with E-state index in [0.29, 0.717) is 5.56 Å². The maximum atomic E-state index is 13.6. The van der Waals surface area contributed by atoms with Crippen molar-refractivity contribution in [2.24, 2.45) is 0 Å². The molecule has 0 amide bonds. The predicted molar refractivity (Wildman–Crippen MR) is 79.7 cm³/mol. The van der Waals surface area contributed by atoms with E-state index in [0.717, 1.165) is 45.1 Å². The first-order chi connectivity index (χ1) is 9.63. The molecule has 1 atom stereocenters. The highest BCUT2D eigenvalue weighted by molar-refractivity contribution is 6.32. The fraction of sp³-hybridized carbons (Fsp3) is 0.467. The Morgan fingerprint density at radius 3 is 2.80 bits per heavy atom. The van der Waals surface area contributed by atoms with E-state index in [2.05, 4.69) is 16.8 Å². The molecule has 1 aliphatic rings. The number of rotatable bonds is 5. The molecule has 0 bridgehead atoms. The zero-order valence-corrected chi connectivity index (χ0v) is 12.2. The molecule has 2 N–H and O–H groups in total. The Kier molecular flexibility index (Phi) is 5.40. The van der Waals surface area contributed by atoms with E-state index < -0.39 is 5.82 Å². The number of piperazine rings is 1. The molecule has 1 heterocycles. The van der Waals surface area contributed by atoms with Crippen molar-refractivity contribution in [1.29, 1.82) is 0 Å². The summed E-state index contributed by atoms with van der Waals surface area (Å²) in [5, 5.41) is 13.5. The maximum Gasteiger partial charge on any atom is 0.139 e. The van der Waals surface area contributed by atoms with Crippen molar-refractivity contribution in [3.8, 4) is 5.75 Å². The molecule has 20 heavy (non-hydrogen) atoms. The highest BCUT2D eigenvalue weighted by Crippen LogP contribution is 2.37. The summed E-state index contributed by atoms with van der Waals surface area (Å²) in [6.07, 6.45) is 3.44. The van der Waals surface area contributed by atoms with Gasteiger partial charge in [0.1, 0.15) is 11.6 Å². The molecular formula is C15H20ClFN2O. The molecule has 0 aromatic heterocycles. The molecule has 0 saturated carbocycles. The number of phenols is 1. The van der Waals surface area contributed by atoms with Crippen molar-refractivity contribution in [2.45, 2.75) is 18.9 Å². The minimum Gasteiger partial charge on any atom is -0.506 e. The lowest BCUT2D eigenvalue weighted by molar-refractivity contribution is 0.163. The van der Waals surface area contributed by atoms with Gasteiger partial charge in [-0.2, -0.15) is 0 Å². The minimum atomic E-state index is -0.415. The summed E-state index contributed by atoms with van der Waals surface area (Å²) in [6.45, 7) is 7.27. The average molecular weight is 299 g/mol. The Balaban J connectivity index is 2.31. The highest BCUT2D eigenvalue weighted by Gasteiger charge is 2.25. The largest absolute Gasteiger partial charge is 0.506 e. The van der Waals surface area contributed by atoms with Crippen LogP contribution in [0.1, 0.15) is 24.4 Å². The Morgan fingerprint density at radius 2 is 2.15 bits per heavy atom. The predicted octanol–water partition coefficient (Wildman–Crippen LogP) is 3.10. The van der Waals surface area contributed by atoms with Crippen LogP contribution in [0.5, 0.6) is 5.75 Å². The molecule has 1 saturated heterocycles. The van der Waals surface area contributed by atoms with Gasteiger partial charge in [-0.3, -0.25) is 4.90 Å². The van der Waals surface area contributed by atoms with E-state index in [1.165, 1.54) is 6.07 Å². The number of hydrogen-bond acceptors (Lipinski definition) is 3. The molecular weight excluding hydrogens is 279 g/mol. The Hall–Kier alpha value is -1.10. The number of nitrogens with one attached hydrogen (secondary N) is 1. The van der Waals surface area contributed by atoms with Gasteiger partial charge in [0, 0.05) is 37.8 Å². The third kappa shape index (κ3) is 3.51. The molecule has 1 aliphatic heterocycles. The van der Waals surface area contributed by atoms with Crippen molar-refractivity contribution in [3.05, 3.63) is 41.2 Å². The number of phenolic OH excluding ortho intramolecular Hbond substituents is 1. The van der Waals surface area contributed by atoms with Crippen LogP contribution in [0.15, 0.2) is 24.8 Å². The third-order valence-corrected chi connectivity index (χ3v) is 3.94. The summed E-state index contributed by atoms with van der Waals surface area (Å²) in [7, 11) is 0. The molecule has 0 radical (unpaired) electrons. The lowest BCUT2D eigenvalue weighted by Crippen LogP contribution is -2.45. The molecule has 1 aromatic carbocycles. The van der Waals surface area contributed by atoms with Crippen LogP contribution in [0.4, 0.5) is 4.39 Å². The van der Waals surface area contributed by atoms with Gasteiger partial charge in [-0.15, -0.1) is 6.58 Å². The Morgan fingerprint density at radius 1 is 1.45 bits per heavy atom. The van der Waals surface area contributed by atoms with Gasteiger partial charge in [-0.05, 0) is 25.0 Å². The standard InChI is InChI=1S/C15H20ClFN2O/c1-2-3-4-14(19-7-5-18-6-8-19)12-9-11(17)10-13(16)15(12)20/h2,9-10,14,18,20H,1,3-8H2/t14-/m1/s1. The number of allylic oxidation sites excluding steroid dienone is 1. The number of nitrogens with zero attached hydrogens (tertiary/aromatic N) is 1. The monoisotopic (exact) mass is 298 g/mol. The van der Waals surface area contributed by atoms with Crippen LogP contribution in [0, 0.1) is 5.82 Å². The summed E-state index contributed by atoms with van der Waals surface area (Å²) >= 11 is 5.90. The van der Waals surface area contributed by atoms with E-state index >= 15 is 0 Å². The molecule has 0 spiro atoms. The average Bonchev–Trinajstić information content (AvgIpc) is 2.45. The zero-order valence-electron chi connectivity index (χ0n) is 11.4. The zero-order chi connectivity index (χ0) is 14.5. The fourth-order valence-electron chi connectivity index (χ4n) is 2.64. The van der Waals surface area contributed by atoms with Gasteiger partial charge >= 0.3 is 0 Å². The summed E-state index contributed by atoms with van der Waals surface area (Å²) in [5.74, 6) is -0.429. The minimum absolute atomic E-state index is 0.0133. The maximum absolute atomic E-state index is 13.6. The van der Waals surface area contributed by atoms with Crippen molar-refractivity contribution in [3.63, 3.8) is 0 Å². The molecule has 5 heteroatoms. The van der Waals surface area contributed by atoms with Crippen LogP contribution >= 0.6 is 11.6 Å². The number of aromatic hydroxyl groups is 1. The lowest BCUT2D eigenvalue weighted by atomic mass is 9.98. The van der Waals surface area contributed by atoms with Crippen LogP contribution in [-0.2, 0) is 0 Å². The van der Waals surface area contributed by atoms with Crippen LogP contribution in [0.3, 0.4) is 0 Å². The second-order valence-electron chi connectivity index (χ2n) is 4.99. The molecule has 0 aliphatic carbocycles. The van der Waals surface area contributed by atoms with Crippen molar-refractivity contribution < 1.29 is 9.50 Å². The topological polar surface area (TPSA) is 35.5 Å². The molecule has 0 unspecified atom stereocenters. The molecule has 3 nitrogen and oxygen atoms in total. The normalized spacial score (nSPS) is 17.9. The summed E-state index contributed by atoms with van der Waals surface area (Å²) < 4.78 is 13.6. The van der Waals surface area contributed by atoms with Gasteiger partial charge in [-0.25, -0.2) is 4.39 Å². The van der Waals surface area contributed by atoms with E-state index in [1.54, 1.807) is 0 Å². The van der Waals surface area contributed by atoms with Gasteiger partial charge in [0.15, 0.2) is 0 Å². The summed E-state index contributed by atoms with van der Waals surface area (Å²) in [6, 6.07) is 2.49. The second-order valence-corrected chi connectivity index (χ2v) is 5.40. The third-order valence-electron chi connectivity index (χ3n) is 3.65. The smallest absolute Gasteiger partial charge is 0.139 e. The fourth-order valence-corrected chi connectivity index (χ4v) is 2.86. The SMILES string of the molecule is C=CCC[C@H](c1cc(F)cc(Cl)c1O)N1CCNCC1. The van der Waals surface area contributed by atoms with Crippen molar-refractivity contribution in [2.75, 3.05) is 26.2 Å². The molecule has 1 aromatic rings. The van der Waals surface area contributed by atoms with Gasteiger partial charge in [0.05, 0.1) is 5.02 Å². The van der Waals surface area contributed by atoms with Crippen LogP contribution in [0.25, 0.3) is 0 Å². The number of benzene rings is 1. The van der Waals surface area contributed by atoms with Crippen LogP contribution in [-0.4, -0.2) is 36.2 Å². The molecule has 1 fully saturated rings. The van der Waals surface area contributed by atoms with Gasteiger partial charge in [0.2, 0.25) is 0 Å². The van der Waals surface area contributed by atoms with Crippen molar-refractivity contribution in [1.82, 2.24) is 10.2 Å². The summed E-state index contributed by atoms with van der Waals surface area (Å²) in [5.41, 5.74) is 0.568. The van der Waals surface area contributed by atoms with Gasteiger partial charge in [-0.1, -0.05) is 17.7 Å². The lowest BCUT2D eigenvalue weighted by Gasteiger charge is -2.35. The van der Waals surface area contributed by atoms with Crippen LogP contribution in [0.2, 0.25) is 5.02 Å². The quantitative estimate of drug-likeness (QED) is 0.820. The summed E-state index contributed by atoms with van der Waals surface area (Å²) in [4.78, 5) is 2.25. The molecule has 110 valence electrons. The van der Waals surface area contributed by atoms with Crippen LogP contribution < -0.4 is 5.32 Å². The van der Waals surface area contributed by atoms with Gasteiger partial charge in [0.25, 0.3) is 0 Å². The first kappa shape index (κ1) is 15.3. The van der Waals surface area contributed by atoms with E-state index in [4.69, 9.17) is 11.6 Å². The Bertz CT molecular complexity index is 475. The number of halogens is 2.